The van der Waals surface area contributed by atoms with Crippen LogP contribution >= 0.6 is 0 Å². The van der Waals surface area contributed by atoms with Crippen molar-refractivity contribution in [3.05, 3.63) is 0 Å². The summed E-state index contributed by atoms with van der Waals surface area (Å²) in [4.78, 5) is 11.2. The molecule has 1 aliphatic rings. The maximum absolute atomic E-state index is 11.2. The number of rotatable bonds is 9. The molecule has 1 aliphatic carbocycles. The summed E-state index contributed by atoms with van der Waals surface area (Å²) >= 11 is 0. The molecule has 1 unspecified atom stereocenters. The van der Waals surface area contributed by atoms with Crippen LogP contribution in [-0.4, -0.2) is 20.7 Å². The molecule has 0 N–H and O–H groups in total. The number of unbranched alkanes of at least 4 members (excludes halogenated alkanes) is 1. The molecule has 1 atom stereocenters. The predicted molar refractivity (Wildman–Crippen MR) is 83.9 cm³/mol. The summed E-state index contributed by atoms with van der Waals surface area (Å²) in [6.07, 6.45) is 12.4. The Balaban J connectivity index is 2.29. The fourth-order valence-electron chi connectivity index (χ4n) is 3.10. The van der Waals surface area contributed by atoms with Crippen LogP contribution in [0.15, 0.2) is 0 Å². The van der Waals surface area contributed by atoms with Gasteiger partial charge in [0.1, 0.15) is 12.4 Å². The lowest BCUT2D eigenvalue weighted by Gasteiger charge is -2.28. The third-order valence-corrected chi connectivity index (χ3v) is 6.84. The van der Waals surface area contributed by atoms with E-state index in [-0.39, 0.29) is 6.10 Å². The van der Waals surface area contributed by atoms with Crippen LogP contribution < -0.4 is 0 Å². The lowest BCUT2D eigenvalue weighted by molar-refractivity contribution is -0.114. The highest BCUT2D eigenvalue weighted by molar-refractivity contribution is 6.71. The van der Waals surface area contributed by atoms with E-state index in [1.54, 1.807) is 0 Å². The van der Waals surface area contributed by atoms with Gasteiger partial charge in [0.15, 0.2) is 8.32 Å². The van der Waals surface area contributed by atoms with Crippen LogP contribution in [0, 0.1) is 5.92 Å². The summed E-state index contributed by atoms with van der Waals surface area (Å²) in [5, 5.41) is 0. The summed E-state index contributed by atoms with van der Waals surface area (Å²) in [5.41, 5.74) is 0. The topological polar surface area (TPSA) is 26.3 Å². The third kappa shape index (κ3) is 7.26. The van der Waals surface area contributed by atoms with E-state index < -0.39 is 8.32 Å². The van der Waals surface area contributed by atoms with Gasteiger partial charge in [-0.25, -0.2) is 0 Å². The molecule has 1 rings (SSSR count). The van der Waals surface area contributed by atoms with E-state index in [2.05, 4.69) is 20.0 Å². The average molecular weight is 285 g/mol. The SMILES string of the molecule is CCCC[Si](C)(C)OC(C=O)CCC1CCCCC1. The average Bonchev–Trinajstić information content (AvgIpc) is 2.42. The van der Waals surface area contributed by atoms with Crippen molar-refractivity contribution in [1.82, 2.24) is 0 Å². The van der Waals surface area contributed by atoms with E-state index in [1.807, 2.05) is 0 Å². The molecule has 19 heavy (non-hydrogen) atoms. The highest BCUT2D eigenvalue weighted by Gasteiger charge is 2.26. The Bertz CT molecular complexity index is 247. The van der Waals surface area contributed by atoms with E-state index >= 15 is 0 Å². The standard InChI is InChI=1S/C16H32O2Si/c1-4-5-13-19(2,3)18-16(14-17)12-11-15-9-7-6-8-10-15/h14-16H,4-13H2,1-3H3. The fraction of sp³-hybridized carbons (Fsp3) is 0.938. The van der Waals surface area contributed by atoms with Crippen molar-refractivity contribution in [1.29, 1.82) is 0 Å². The molecule has 0 saturated heterocycles. The molecule has 0 bridgehead atoms. The molecular formula is C16H32O2Si. The van der Waals surface area contributed by atoms with E-state index in [1.165, 1.54) is 57.4 Å². The van der Waals surface area contributed by atoms with Crippen molar-refractivity contribution >= 4 is 14.6 Å². The first-order valence-corrected chi connectivity index (χ1v) is 11.3. The van der Waals surface area contributed by atoms with Gasteiger partial charge < -0.3 is 9.22 Å². The highest BCUT2D eigenvalue weighted by Crippen LogP contribution is 2.28. The maximum Gasteiger partial charge on any atom is 0.187 e. The van der Waals surface area contributed by atoms with E-state index in [9.17, 15) is 4.79 Å². The van der Waals surface area contributed by atoms with Gasteiger partial charge in [0.25, 0.3) is 0 Å². The van der Waals surface area contributed by atoms with Crippen molar-refractivity contribution < 1.29 is 9.22 Å². The number of carbonyl (C=O) groups excluding carboxylic acids is 1. The van der Waals surface area contributed by atoms with Crippen LogP contribution in [0.5, 0.6) is 0 Å². The molecule has 112 valence electrons. The molecule has 0 aromatic rings. The summed E-state index contributed by atoms with van der Waals surface area (Å²) in [7, 11) is -1.63. The normalized spacial score (nSPS) is 19.3. The summed E-state index contributed by atoms with van der Waals surface area (Å²) in [6, 6.07) is 1.18. The van der Waals surface area contributed by atoms with Gasteiger partial charge in [0, 0.05) is 0 Å². The zero-order chi connectivity index (χ0) is 14.1. The fourth-order valence-corrected chi connectivity index (χ4v) is 5.42. The van der Waals surface area contributed by atoms with Crippen LogP contribution in [0.1, 0.15) is 64.7 Å². The summed E-state index contributed by atoms with van der Waals surface area (Å²) in [6.45, 7) is 6.71. The van der Waals surface area contributed by atoms with Crippen LogP contribution in [-0.2, 0) is 9.22 Å². The number of carbonyl (C=O) groups is 1. The molecule has 0 radical (unpaired) electrons. The van der Waals surface area contributed by atoms with Crippen LogP contribution in [0.2, 0.25) is 19.1 Å². The molecule has 3 heteroatoms. The first-order valence-electron chi connectivity index (χ1n) is 8.20. The Hall–Kier alpha value is -0.153. The molecule has 1 fully saturated rings. The van der Waals surface area contributed by atoms with Gasteiger partial charge in [-0.3, -0.25) is 0 Å². The van der Waals surface area contributed by atoms with Gasteiger partial charge in [-0.15, -0.1) is 0 Å². The van der Waals surface area contributed by atoms with Gasteiger partial charge in [-0.1, -0.05) is 51.9 Å². The third-order valence-electron chi connectivity index (χ3n) is 4.34. The summed E-state index contributed by atoms with van der Waals surface area (Å²) in [5.74, 6) is 0.847. The van der Waals surface area contributed by atoms with Crippen molar-refractivity contribution in [2.24, 2.45) is 5.92 Å². The van der Waals surface area contributed by atoms with Crippen molar-refractivity contribution in [2.45, 2.75) is 90.0 Å². The second-order valence-electron chi connectivity index (χ2n) is 6.74. The quantitative estimate of drug-likeness (QED) is 0.443. The van der Waals surface area contributed by atoms with Gasteiger partial charge in [0.05, 0.1) is 0 Å². The van der Waals surface area contributed by atoms with E-state index in [0.717, 1.165) is 18.6 Å². The molecule has 0 aromatic carbocycles. The monoisotopic (exact) mass is 284 g/mol. The number of hydrogen-bond donors (Lipinski definition) is 0. The lowest BCUT2D eigenvalue weighted by atomic mass is 9.85. The van der Waals surface area contributed by atoms with Gasteiger partial charge in [-0.2, -0.15) is 0 Å². The van der Waals surface area contributed by atoms with Crippen molar-refractivity contribution in [2.75, 3.05) is 0 Å². The van der Waals surface area contributed by atoms with Crippen LogP contribution in [0.3, 0.4) is 0 Å². The zero-order valence-corrected chi connectivity index (χ0v) is 14.1. The van der Waals surface area contributed by atoms with E-state index in [0.29, 0.717) is 0 Å². The second-order valence-corrected chi connectivity index (χ2v) is 11.0. The Labute approximate surface area is 120 Å². The van der Waals surface area contributed by atoms with Crippen molar-refractivity contribution in [3.63, 3.8) is 0 Å². The molecule has 0 spiro atoms. The van der Waals surface area contributed by atoms with Crippen LogP contribution in [0.25, 0.3) is 0 Å². The highest BCUT2D eigenvalue weighted by atomic mass is 28.4. The molecule has 0 aliphatic heterocycles. The first-order chi connectivity index (χ1) is 9.07. The number of aldehydes is 1. The predicted octanol–water partition coefficient (Wildman–Crippen LogP) is 4.94. The Kier molecular flexibility index (Phi) is 7.92. The minimum atomic E-state index is -1.63. The number of hydrogen-bond acceptors (Lipinski definition) is 2. The van der Waals surface area contributed by atoms with Gasteiger partial charge >= 0.3 is 0 Å². The minimum Gasteiger partial charge on any atom is -0.408 e. The largest absolute Gasteiger partial charge is 0.408 e. The molecule has 0 heterocycles. The first kappa shape index (κ1) is 16.9. The molecule has 1 saturated carbocycles. The second kappa shape index (κ2) is 8.91. The van der Waals surface area contributed by atoms with Crippen LogP contribution in [0.4, 0.5) is 0 Å². The maximum atomic E-state index is 11.2. The van der Waals surface area contributed by atoms with Gasteiger partial charge in [-0.05, 0) is 37.9 Å². The molecule has 0 amide bonds. The Morgan fingerprint density at radius 2 is 1.95 bits per heavy atom. The molecule has 2 nitrogen and oxygen atoms in total. The van der Waals surface area contributed by atoms with Crippen molar-refractivity contribution in [3.8, 4) is 0 Å². The Morgan fingerprint density at radius 3 is 2.53 bits per heavy atom. The smallest absolute Gasteiger partial charge is 0.187 e. The molecular weight excluding hydrogens is 252 g/mol. The summed E-state index contributed by atoms with van der Waals surface area (Å²) < 4.78 is 6.15. The van der Waals surface area contributed by atoms with E-state index in [4.69, 9.17) is 4.43 Å². The lowest BCUT2D eigenvalue weighted by Crippen LogP contribution is -2.36. The Morgan fingerprint density at radius 1 is 1.26 bits per heavy atom. The minimum absolute atomic E-state index is 0.138. The molecule has 0 aromatic heterocycles. The van der Waals surface area contributed by atoms with Gasteiger partial charge in [0.2, 0.25) is 0 Å². The zero-order valence-electron chi connectivity index (χ0n) is 13.1.